The minimum absolute atomic E-state index is 0.0530. The maximum atomic E-state index is 12.3. The minimum Gasteiger partial charge on any atom is -0.372 e. The Morgan fingerprint density at radius 2 is 1.61 bits per heavy atom. The molecule has 1 heterocycles. The Bertz CT molecular complexity index is 602. The normalized spacial score (nSPS) is 13.4. The maximum absolute atomic E-state index is 12.3. The van der Waals surface area contributed by atoms with Crippen molar-refractivity contribution in [2.45, 2.75) is 13.2 Å². The molecule has 90 valence electrons. The van der Waals surface area contributed by atoms with E-state index in [2.05, 4.69) is 15.9 Å². The van der Waals surface area contributed by atoms with Crippen molar-refractivity contribution in [1.82, 2.24) is 0 Å². The Morgan fingerprint density at radius 1 is 0.944 bits per heavy atom. The third-order valence-electron chi connectivity index (χ3n) is 3.09. The molecular formula is C15H11BrO2. The Balaban J connectivity index is 1.95. The number of hydrogen-bond donors (Lipinski definition) is 0. The van der Waals surface area contributed by atoms with Gasteiger partial charge in [0, 0.05) is 15.6 Å². The van der Waals surface area contributed by atoms with E-state index in [1.165, 1.54) is 5.56 Å². The average Bonchev–Trinajstić information content (AvgIpc) is 2.86. The Kier molecular flexibility index (Phi) is 3.02. The van der Waals surface area contributed by atoms with Crippen LogP contribution in [0.4, 0.5) is 0 Å². The lowest BCUT2D eigenvalue weighted by atomic mass is 9.99. The summed E-state index contributed by atoms with van der Waals surface area (Å²) in [6, 6.07) is 13.2. The second-order valence-electron chi connectivity index (χ2n) is 4.31. The van der Waals surface area contributed by atoms with Gasteiger partial charge in [0.05, 0.1) is 13.2 Å². The molecule has 0 saturated carbocycles. The molecule has 18 heavy (non-hydrogen) atoms. The van der Waals surface area contributed by atoms with Gasteiger partial charge in [-0.15, -0.1) is 0 Å². The van der Waals surface area contributed by atoms with E-state index < -0.39 is 0 Å². The van der Waals surface area contributed by atoms with Gasteiger partial charge in [-0.25, -0.2) is 0 Å². The van der Waals surface area contributed by atoms with Gasteiger partial charge in [-0.2, -0.15) is 0 Å². The van der Waals surface area contributed by atoms with Gasteiger partial charge in [-0.05, 0) is 41.5 Å². The lowest BCUT2D eigenvalue weighted by molar-refractivity contribution is 0.103. The zero-order valence-corrected chi connectivity index (χ0v) is 11.2. The average molecular weight is 303 g/mol. The topological polar surface area (TPSA) is 26.3 Å². The van der Waals surface area contributed by atoms with Crippen molar-refractivity contribution in [3.05, 3.63) is 69.2 Å². The van der Waals surface area contributed by atoms with Gasteiger partial charge in [0.25, 0.3) is 0 Å². The van der Waals surface area contributed by atoms with E-state index >= 15 is 0 Å². The molecule has 0 saturated heterocycles. The molecule has 2 aromatic carbocycles. The summed E-state index contributed by atoms with van der Waals surface area (Å²) < 4.78 is 6.33. The number of ether oxygens (including phenoxy) is 1. The van der Waals surface area contributed by atoms with Crippen LogP contribution in [0.25, 0.3) is 0 Å². The highest BCUT2D eigenvalue weighted by molar-refractivity contribution is 9.10. The first-order chi connectivity index (χ1) is 8.74. The fourth-order valence-corrected chi connectivity index (χ4v) is 2.35. The number of halogens is 1. The first kappa shape index (κ1) is 11.6. The third kappa shape index (κ3) is 2.11. The molecule has 0 atom stereocenters. The van der Waals surface area contributed by atoms with Crippen molar-refractivity contribution in [3.63, 3.8) is 0 Å². The van der Waals surface area contributed by atoms with Crippen LogP contribution in [0, 0.1) is 0 Å². The standard InChI is InChI=1S/C15H11BrO2/c16-14-5-3-10(4-6-14)15(17)11-1-2-12-8-18-9-13(12)7-11/h1-7H,8-9H2. The summed E-state index contributed by atoms with van der Waals surface area (Å²) in [6.07, 6.45) is 0. The highest BCUT2D eigenvalue weighted by Gasteiger charge is 2.15. The first-order valence-corrected chi connectivity index (χ1v) is 6.53. The van der Waals surface area contributed by atoms with Gasteiger partial charge < -0.3 is 4.74 Å². The van der Waals surface area contributed by atoms with Crippen molar-refractivity contribution in [2.24, 2.45) is 0 Å². The number of ketones is 1. The first-order valence-electron chi connectivity index (χ1n) is 5.74. The summed E-state index contributed by atoms with van der Waals surface area (Å²) in [4.78, 5) is 12.3. The van der Waals surface area contributed by atoms with Gasteiger partial charge in [0.15, 0.2) is 5.78 Å². The van der Waals surface area contributed by atoms with Crippen LogP contribution >= 0.6 is 15.9 Å². The van der Waals surface area contributed by atoms with Crippen LogP contribution in [0.2, 0.25) is 0 Å². The number of benzene rings is 2. The van der Waals surface area contributed by atoms with Crippen molar-refractivity contribution < 1.29 is 9.53 Å². The van der Waals surface area contributed by atoms with E-state index in [-0.39, 0.29) is 5.78 Å². The molecule has 2 aromatic rings. The summed E-state index contributed by atoms with van der Waals surface area (Å²) in [5.41, 5.74) is 3.74. The van der Waals surface area contributed by atoms with Crippen molar-refractivity contribution in [1.29, 1.82) is 0 Å². The van der Waals surface area contributed by atoms with E-state index in [9.17, 15) is 4.79 Å². The maximum Gasteiger partial charge on any atom is 0.193 e. The van der Waals surface area contributed by atoms with E-state index in [1.54, 1.807) is 0 Å². The smallest absolute Gasteiger partial charge is 0.193 e. The zero-order valence-electron chi connectivity index (χ0n) is 9.65. The molecular weight excluding hydrogens is 292 g/mol. The number of hydrogen-bond acceptors (Lipinski definition) is 2. The lowest BCUT2D eigenvalue weighted by Gasteiger charge is -2.03. The van der Waals surface area contributed by atoms with Crippen LogP contribution in [0.1, 0.15) is 27.0 Å². The largest absolute Gasteiger partial charge is 0.372 e. The summed E-state index contributed by atoms with van der Waals surface area (Å²) in [6.45, 7) is 1.26. The van der Waals surface area contributed by atoms with Crippen LogP contribution in [-0.2, 0) is 18.0 Å². The third-order valence-corrected chi connectivity index (χ3v) is 3.62. The number of carbonyl (C=O) groups is 1. The van der Waals surface area contributed by atoms with Gasteiger partial charge in [-0.1, -0.05) is 28.1 Å². The Morgan fingerprint density at radius 3 is 2.39 bits per heavy atom. The van der Waals surface area contributed by atoms with E-state index in [0.29, 0.717) is 18.8 Å². The molecule has 1 aliphatic rings. The molecule has 0 aliphatic carbocycles. The summed E-state index contributed by atoms with van der Waals surface area (Å²) in [5, 5.41) is 0. The second kappa shape index (κ2) is 4.67. The molecule has 0 unspecified atom stereocenters. The Hall–Kier alpha value is -1.45. The van der Waals surface area contributed by atoms with E-state index in [1.807, 2.05) is 42.5 Å². The fraction of sp³-hybridized carbons (Fsp3) is 0.133. The highest BCUT2D eigenvalue weighted by Crippen LogP contribution is 2.22. The van der Waals surface area contributed by atoms with Crippen LogP contribution in [0.3, 0.4) is 0 Å². The summed E-state index contributed by atoms with van der Waals surface area (Å²) >= 11 is 3.36. The highest BCUT2D eigenvalue weighted by atomic mass is 79.9. The molecule has 3 heteroatoms. The van der Waals surface area contributed by atoms with Crippen LogP contribution < -0.4 is 0 Å². The second-order valence-corrected chi connectivity index (χ2v) is 5.23. The predicted molar refractivity (Wildman–Crippen MR) is 72.5 cm³/mol. The van der Waals surface area contributed by atoms with Gasteiger partial charge in [-0.3, -0.25) is 4.79 Å². The van der Waals surface area contributed by atoms with E-state index in [4.69, 9.17) is 4.74 Å². The molecule has 0 N–H and O–H groups in total. The molecule has 0 bridgehead atoms. The van der Waals surface area contributed by atoms with Gasteiger partial charge >= 0.3 is 0 Å². The van der Waals surface area contributed by atoms with Gasteiger partial charge in [0.2, 0.25) is 0 Å². The number of fused-ring (bicyclic) bond motifs is 1. The van der Waals surface area contributed by atoms with Crippen LogP contribution in [0.5, 0.6) is 0 Å². The van der Waals surface area contributed by atoms with Crippen molar-refractivity contribution in [3.8, 4) is 0 Å². The molecule has 1 aliphatic heterocycles. The molecule has 0 fully saturated rings. The molecule has 0 radical (unpaired) electrons. The SMILES string of the molecule is O=C(c1ccc(Br)cc1)c1ccc2c(c1)COC2. The number of carbonyl (C=O) groups excluding carboxylic acids is 1. The van der Waals surface area contributed by atoms with Crippen molar-refractivity contribution >= 4 is 21.7 Å². The quantitative estimate of drug-likeness (QED) is 0.791. The lowest BCUT2D eigenvalue weighted by Crippen LogP contribution is -2.02. The predicted octanol–water partition coefficient (Wildman–Crippen LogP) is 3.71. The number of rotatable bonds is 2. The molecule has 2 nitrogen and oxygen atoms in total. The molecule has 0 amide bonds. The van der Waals surface area contributed by atoms with E-state index in [0.717, 1.165) is 15.6 Å². The Labute approximate surface area is 114 Å². The monoisotopic (exact) mass is 302 g/mol. The molecule has 0 aromatic heterocycles. The minimum atomic E-state index is 0.0530. The fourth-order valence-electron chi connectivity index (χ4n) is 2.08. The zero-order chi connectivity index (χ0) is 12.5. The molecule has 3 rings (SSSR count). The summed E-state index contributed by atoms with van der Waals surface area (Å²) in [7, 11) is 0. The molecule has 0 spiro atoms. The van der Waals surface area contributed by atoms with Crippen LogP contribution in [0.15, 0.2) is 46.9 Å². The van der Waals surface area contributed by atoms with Gasteiger partial charge in [0.1, 0.15) is 0 Å². The summed E-state index contributed by atoms with van der Waals surface area (Å²) in [5.74, 6) is 0.0530. The van der Waals surface area contributed by atoms with Crippen molar-refractivity contribution in [2.75, 3.05) is 0 Å². The van der Waals surface area contributed by atoms with Crippen LogP contribution in [-0.4, -0.2) is 5.78 Å².